The number of rotatable bonds is 20. The molecule has 0 aromatic carbocycles. The number of hydrogen-bond donors (Lipinski definition) is 1. The first kappa shape index (κ1) is 34.0. The summed E-state index contributed by atoms with van der Waals surface area (Å²) in [5.41, 5.74) is 0. The zero-order valence-corrected chi connectivity index (χ0v) is 23.9. The minimum Gasteiger partial charge on any atom is -0.391 e. The monoisotopic (exact) mass is 462 g/mol. The van der Waals surface area contributed by atoms with Crippen molar-refractivity contribution < 1.29 is 23.3 Å². The zero-order valence-electron chi connectivity index (χ0n) is 23.9. The van der Waals surface area contributed by atoms with Crippen LogP contribution in [0.5, 0.6) is 0 Å². The van der Waals surface area contributed by atoms with E-state index < -0.39 is 0 Å². The van der Waals surface area contributed by atoms with Gasteiger partial charge in [0.15, 0.2) is 0 Å². The summed E-state index contributed by atoms with van der Waals surface area (Å²) < 4.78 is 9.43. The van der Waals surface area contributed by atoms with Gasteiger partial charge >= 0.3 is 0 Å². The van der Waals surface area contributed by atoms with E-state index in [0.717, 1.165) is 37.3 Å². The first-order valence-corrected chi connectivity index (χ1v) is 14.1. The van der Waals surface area contributed by atoms with Crippen LogP contribution in [-0.2, 0) is 4.74 Å². The maximum Gasteiger partial charge on any atom is 0.102 e. The van der Waals surface area contributed by atoms with Crippen LogP contribution in [0.3, 0.4) is 0 Å². The van der Waals surface area contributed by atoms with Gasteiger partial charge in [0.25, 0.3) is 0 Å². The molecule has 196 valence electrons. The van der Waals surface area contributed by atoms with E-state index in [9.17, 15) is 0 Å². The lowest BCUT2D eigenvalue weighted by Crippen LogP contribution is -2.51. The molecule has 32 heavy (non-hydrogen) atoms. The second-order valence-corrected chi connectivity index (χ2v) is 9.60. The van der Waals surface area contributed by atoms with E-state index in [1.165, 1.54) is 87.1 Å². The van der Waals surface area contributed by atoms with E-state index in [1.54, 1.807) is 0 Å². The molecule has 0 saturated heterocycles. The summed E-state index contributed by atoms with van der Waals surface area (Å²) in [5, 5.41) is 9.07. The second kappa shape index (κ2) is 20.2. The van der Waals surface area contributed by atoms with Crippen LogP contribution in [0.25, 0.3) is 0 Å². The number of ether oxygens (including phenoxy) is 1. The number of quaternary nitrogens is 3. The molecule has 0 rings (SSSR count). The largest absolute Gasteiger partial charge is 0.391 e. The Labute approximate surface area is 203 Å². The lowest BCUT2D eigenvalue weighted by Gasteiger charge is -2.38. The normalized spacial score (nSPS) is 12.6. The van der Waals surface area contributed by atoms with Crippen LogP contribution >= 0.6 is 0 Å². The molecule has 0 aliphatic rings. The highest BCUT2D eigenvalue weighted by molar-refractivity contribution is 4.44. The highest BCUT2D eigenvalue weighted by Gasteiger charge is 2.24. The molecule has 0 amide bonds. The molecule has 0 fully saturated rings. The molecule has 5 nitrogen and oxygen atoms in total. The van der Waals surface area contributed by atoms with Crippen molar-refractivity contribution in [3.8, 4) is 0 Å². The lowest BCUT2D eigenvalue weighted by atomic mass is 10.2. The number of likely N-dealkylation sites (N-methyl/N-ethyl adjacent to an activating group) is 2. The van der Waals surface area contributed by atoms with Crippen molar-refractivity contribution in [2.24, 2.45) is 0 Å². The van der Waals surface area contributed by atoms with Gasteiger partial charge in [0, 0.05) is 0 Å². The lowest BCUT2D eigenvalue weighted by molar-refractivity contribution is -0.928. The molecular weight excluding hydrogens is 398 g/mol. The van der Waals surface area contributed by atoms with Gasteiger partial charge in [0.1, 0.15) is 19.6 Å². The SMILES string of the molecule is CCC[N+](CCC)(CCC)CCO.CC[N+](CC)(CC)CCOCC[N+](CC)(CC)CC. The smallest absolute Gasteiger partial charge is 0.102 e. The van der Waals surface area contributed by atoms with Gasteiger partial charge in [-0.05, 0) is 60.8 Å². The van der Waals surface area contributed by atoms with Gasteiger partial charge in [-0.15, -0.1) is 0 Å². The first-order valence-electron chi connectivity index (χ1n) is 14.1. The Morgan fingerprint density at radius 2 is 0.750 bits per heavy atom. The third kappa shape index (κ3) is 12.9. The minimum absolute atomic E-state index is 0.333. The van der Waals surface area contributed by atoms with E-state index in [1.807, 2.05) is 0 Å². The number of nitrogens with zero attached hydrogens (tertiary/aromatic N) is 3. The van der Waals surface area contributed by atoms with E-state index >= 15 is 0 Å². The van der Waals surface area contributed by atoms with Crippen LogP contribution in [0.15, 0.2) is 0 Å². The number of hydrogen-bond acceptors (Lipinski definition) is 2. The predicted octanol–water partition coefficient (Wildman–Crippen LogP) is 4.78. The fraction of sp³-hybridized carbons (Fsp3) is 1.00. The van der Waals surface area contributed by atoms with Crippen LogP contribution in [0, 0.1) is 0 Å². The summed E-state index contributed by atoms with van der Waals surface area (Å²) >= 11 is 0. The summed E-state index contributed by atoms with van der Waals surface area (Å²) in [6.07, 6.45) is 3.67. The van der Waals surface area contributed by atoms with Gasteiger partial charge in [-0.25, -0.2) is 0 Å². The van der Waals surface area contributed by atoms with Crippen molar-refractivity contribution >= 4 is 0 Å². The summed E-state index contributed by atoms with van der Waals surface area (Å²) in [5.74, 6) is 0. The van der Waals surface area contributed by atoms with Crippen LogP contribution in [0.2, 0.25) is 0 Å². The van der Waals surface area contributed by atoms with Gasteiger partial charge in [-0.3, -0.25) is 0 Å². The predicted molar refractivity (Wildman–Crippen MR) is 142 cm³/mol. The van der Waals surface area contributed by atoms with Crippen molar-refractivity contribution in [2.75, 3.05) is 98.4 Å². The van der Waals surface area contributed by atoms with E-state index in [4.69, 9.17) is 9.84 Å². The van der Waals surface area contributed by atoms with Gasteiger partial charge in [-0.1, -0.05) is 20.8 Å². The molecule has 0 radical (unpaired) electrons. The second-order valence-electron chi connectivity index (χ2n) is 9.60. The summed E-state index contributed by atoms with van der Waals surface area (Å²) in [7, 11) is 0. The summed E-state index contributed by atoms with van der Waals surface area (Å²) in [4.78, 5) is 0. The minimum atomic E-state index is 0.333. The molecule has 0 heterocycles. The van der Waals surface area contributed by atoms with Crippen LogP contribution in [0.1, 0.15) is 81.6 Å². The van der Waals surface area contributed by atoms with Crippen molar-refractivity contribution in [3.63, 3.8) is 0 Å². The zero-order chi connectivity index (χ0) is 24.9. The molecule has 0 aromatic heterocycles. The topological polar surface area (TPSA) is 29.5 Å². The van der Waals surface area contributed by atoms with Gasteiger partial charge in [0.2, 0.25) is 0 Å². The highest BCUT2D eigenvalue weighted by Crippen LogP contribution is 2.11. The standard InChI is InChI=1S/C16H38N2O.C11H26NO/c1-7-17(8-2,9-3)13-15-19-16-14-18(10-4,11-5)12-6;1-4-7-12(8-5-2,9-6-3)10-11-13/h7-16H2,1-6H3;13H,4-11H2,1-3H3/q+2;+1. The number of aliphatic hydroxyl groups is 1. The van der Waals surface area contributed by atoms with E-state index in [-0.39, 0.29) is 0 Å². The molecule has 0 aliphatic carbocycles. The van der Waals surface area contributed by atoms with Crippen molar-refractivity contribution in [1.29, 1.82) is 0 Å². The molecule has 0 bridgehead atoms. The fourth-order valence-corrected chi connectivity index (χ4v) is 5.21. The maximum atomic E-state index is 9.07. The molecule has 0 aliphatic heterocycles. The highest BCUT2D eigenvalue weighted by atomic mass is 16.5. The van der Waals surface area contributed by atoms with E-state index in [2.05, 4.69) is 62.3 Å². The summed E-state index contributed by atoms with van der Waals surface area (Å²) in [6, 6.07) is 0. The average molecular weight is 463 g/mol. The van der Waals surface area contributed by atoms with Gasteiger partial charge in [-0.2, -0.15) is 0 Å². The van der Waals surface area contributed by atoms with Crippen molar-refractivity contribution in [3.05, 3.63) is 0 Å². The van der Waals surface area contributed by atoms with Gasteiger partial charge in [0.05, 0.1) is 78.7 Å². The molecule has 5 heteroatoms. The van der Waals surface area contributed by atoms with Gasteiger partial charge < -0.3 is 23.3 Å². The van der Waals surface area contributed by atoms with Crippen LogP contribution in [-0.4, -0.2) is 117 Å². The van der Waals surface area contributed by atoms with Crippen molar-refractivity contribution in [1.82, 2.24) is 0 Å². The Bertz CT molecular complexity index is 328. The molecule has 0 unspecified atom stereocenters. The molecule has 0 spiro atoms. The molecule has 1 N–H and O–H groups in total. The van der Waals surface area contributed by atoms with Crippen molar-refractivity contribution in [2.45, 2.75) is 81.6 Å². The first-order chi connectivity index (χ1) is 15.3. The average Bonchev–Trinajstić information content (AvgIpc) is 2.81. The molecular formula is C27H64N3O2+3. The Balaban J connectivity index is 0. The third-order valence-corrected chi connectivity index (χ3v) is 8.11. The van der Waals surface area contributed by atoms with Crippen LogP contribution < -0.4 is 0 Å². The van der Waals surface area contributed by atoms with Crippen LogP contribution in [0.4, 0.5) is 0 Å². The van der Waals surface area contributed by atoms with E-state index in [0.29, 0.717) is 6.61 Å². The molecule has 0 aromatic rings. The summed E-state index contributed by atoms with van der Waals surface area (Å²) in [6.45, 7) is 36.8. The Hall–Kier alpha value is -0.200. The maximum absolute atomic E-state index is 9.07. The Morgan fingerprint density at radius 1 is 0.438 bits per heavy atom. The molecule has 0 atom stereocenters. The molecule has 0 saturated carbocycles. The fourth-order valence-electron chi connectivity index (χ4n) is 5.21. The Morgan fingerprint density at radius 3 is 0.969 bits per heavy atom. The quantitative estimate of drug-likeness (QED) is 0.208. The third-order valence-electron chi connectivity index (χ3n) is 8.11. The Kier molecular flexibility index (Phi) is 21.4. The number of aliphatic hydroxyl groups excluding tert-OH is 1.